The molecule has 1 aliphatic carbocycles. The molecule has 0 atom stereocenters. The van der Waals surface area contributed by atoms with Crippen molar-refractivity contribution in [2.75, 3.05) is 5.73 Å². The van der Waals surface area contributed by atoms with E-state index in [4.69, 9.17) is 5.73 Å². The summed E-state index contributed by atoms with van der Waals surface area (Å²) in [6.07, 6.45) is 5.86. The van der Waals surface area contributed by atoms with Gasteiger partial charge in [0.25, 0.3) is 0 Å². The molecule has 4 heteroatoms. The highest BCUT2D eigenvalue weighted by Gasteiger charge is 2.29. The molecule has 0 saturated heterocycles. The van der Waals surface area contributed by atoms with Gasteiger partial charge in [0.1, 0.15) is 0 Å². The van der Waals surface area contributed by atoms with Crippen LogP contribution in [-0.4, -0.2) is 13.7 Å². The van der Waals surface area contributed by atoms with E-state index in [2.05, 4.69) is 0 Å². The fraction of sp³-hybridized carbons (Fsp3) is 0.571. The average Bonchev–Trinajstić information content (AvgIpc) is 2.57. The van der Waals surface area contributed by atoms with Crippen LogP contribution in [0.5, 0.6) is 0 Å². The number of benzene rings is 1. The van der Waals surface area contributed by atoms with Gasteiger partial charge in [0, 0.05) is 0 Å². The van der Waals surface area contributed by atoms with E-state index in [1.165, 1.54) is 0 Å². The largest absolute Gasteiger partial charge is 0.398 e. The van der Waals surface area contributed by atoms with Crippen molar-refractivity contribution >= 4 is 15.5 Å². The van der Waals surface area contributed by atoms with Crippen LogP contribution in [0.4, 0.5) is 5.69 Å². The lowest BCUT2D eigenvalue weighted by Gasteiger charge is -2.16. The van der Waals surface area contributed by atoms with Crippen LogP contribution in [0.2, 0.25) is 0 Å². The Morgan fingerprint density at radius 3 is 2.28 bits per heavy atom. The second-order valence-corrected chi connectivity index (χ2v) is 7.40. The molecule has 3 nitrogen and oxygen atoms in total. The number of aryl methyl sites for hydroxylation is 1. The molecule has 0 aromatic heterocycles. The molecule has 0 unspecified atom stereocenters. The van der Waals surface area contributed by atoms with E-state index in [9.17, 15) is 8.42 Å². The molecule has 0 bridgehead atoms. The summed E-state index contributed by atoms with van der Waals surface area (Å²) in [6.45, 7) is 1.92. The highest BCUT2D eigenvalue weighted by molar-refractivity contribution is 7.92. The Kier molecular flexibility index (Phi) is 3.95. The Bertz CT molecular complexity index is 515. The molecule has 1 aromatic rings. The summed E-state index contributed by atoms with van der Waals surface area (Å²) >= 11 is 0. The zero-order valence-electron chi connectivity index (χ0n) is 10.9. The topological polar surface area (TPSA) is 60.2 Å². The van der Waals surface area contributed by atoms with Crippen LogP contribution in [-0.2, 0) is 9.84 Å². The van der Waals surface area contributed by atoms with Crippen LogP contribution in [0.15, 0.2) is 23.1 Å². The standard InChI is InChI=1S/C14H21NO2S/c1-11-8-9-14(13(15)10-11)18(16,17)12-6-4-2-3-5-7-12/h8-10,12H,2-7,15H2,1H3. The fourth-order valence-electron chi connectivity index (χ4n) is 2.66. The van der Waals surface area contributed by atoms with Crippen LogP contribution < -0.4 is 5.73 Å². The lowest BCUT2D eigenvalue weighted by Crippen LogP contribution is -2.21. The molecule has 1 aromatic carbocycles. The van der Waals surface area contributed by atoms with Gasteiger partial charge in [0.15, 0.2) is 9.84 Å². The van der Waals surface area contributed by atoms with E-state index in [1.54, 1.807) is 12.1 Å². The number of nitrogen functional groups attached to an aromatic ring is 1. The number of sulfone groups is 1. The van der Waals surface area contributed by atoms with E-state index in [-0.39, 0.29) is 5.25 Å². The molecule has 2 rings (SSSR count). The quantitative estimate of drug-likeness (QED) is 0.661. The maximum atomic E-state index is 12.6. The summed E-state index contributed by atoms with van der Waals surface area (Å²) < 4.78 is 25.2. The first-order chi connectivity index (χ1) is 8.51. The molecule has 0 amide bonds. The van der Waals surface area contributed by atoms with Gasteiger partial charge in [-0.05, 0) is 37.5 Å². The molecule has 1 saturated carbocycles. The minimum Gasteiger partial charge on any atom is -0.398 e. The Labute approximate surface area is 109 Å². The van der Waals surface area contributed by atoms with Crippen molar-refractivity contribution in [3.8, 4) is 0 Å². The van der Waals surface area contributed by atoms with Crippen molar-refractivity contribution in [3.63, 3.8) is 0 Å². The highest BCUT2D eigenvalue weighted by Crippen LogP contribution is 2.30. The molecule has 100 valence electrons. The van der Waals surface area contributed by atoms with Crippen molar-refractivity contribution < 1.29 is 8.42 Å². The normalized spacial score (nSPS) is 18.5. The van der Waals surface area contributed by atoms with Gasteiger partial charge in [-0.2, -0.15) is 0 Å². The number of rotatable bonds is 2. The van der Waals surface area contributed by atoms with Gasteiger partial charge in [0.05, 0.1) is 15.8 Å². The third-order valence-corrected chi connectivity index (χ3v) is 6.05. The second-order valence-electron chi connectivity index (χ2n) is 5.20. The fourth-order valence-corrected chi connectivity index (χ4v) is 4.62. The van der Waals surface area contributed by atoms with Gasteiger partial charge in [-0.3, -0.25) is 0 Å². The van der Waals surface area contributed by atoms with Gasteiger partial charge in [-0.25, -0.2) is 8.42 Å². The van der Waals surface area contributed by atoms with Gasteiger partial charge >= 0.3 is 0 Å². The van der Waals surface area contributed by atoms with Gasteiger partial charge in [0.2, 0.25) is 0 Å². The van der Waals surface area contributed by atoms with Crippen molar-refractivity contribution in [1.29, 1.82) is 0 Å². The predicted molar refractivity (Wildman–Crippen MR) is 74.3 cm³/mol. The van der Waals surface area contributed by atoms with E-state index in [0.717, 1.165) is 44.1 Å². The van der Waals surface area contributed by atoms with Crippen LogP contribution in [0.25, 0.3) is 0 Å². The van der Waals surface area contributed by atoms with Crippen molar-refractivity contribution in [2.45, 2.75) is 55.6 Å². The summed E-state index contributed by atoms with van der Waals surface area (Å²) in [5.74, 6) is 0. The smallest absolute Gasteiger partial charge is 0.183 e. The average molecular weight is 267 g/mol. The first-order valence-electron chi connectivity index (χ1n) is 6.62. The minimum atomic E-state index is -3.26. The maximum absolute atomic E-state index is 12.6. The molecule has 2 N–H and O–H groups in total. The van der Waals surface area contributed by atoms with Gasteiger partial charge in [-0.15, -0.1) is 0 Å². The zero-order chi connectivity index (χ0) is 13.2. The van der Waals surface area contributed by atoms with Crippen LogP contribution in [0.3, 0.4) is 0 Å². The molecule has 1 fully saturated rings. The lowest BCUT2D eigenvalue weighted by molar-refractivity contribution is 0.563. The van der Waals surface area contributed by atoms with Crippen molar-refractivity contribution in [1.82, 2.24) is 0 Å². The third kappa shape index (κ3) is 2.69. The zero-order valence-corrected chi connectivity index (χ0v) is 11.7. The molecular weight excluding hydrogens is 246 g/mol. The molecule has 18 heavy (non-hydrogen) atoms. The number of hydrogen-bond acceptors (Lipinski definition) is 3. The first-order valence-corrected chi connectivity index (χ1v) is 8.16. The molecular formula is C14H21NO2S. The van der Waals surface area contributed by atoms with Crippen LogP contribution >= 0.6 is 0 Å². The minimum absolute atomic E-state index is 0.245. The van der Waals surface area contributed by atoms with Crippen LogP contribution in [0.1, 0.15) is 44.1 Å². The number of anilines is 1. The second kappa shape index (κ2) is 5.31. The summed E-state index contributed by atoms with van der Waals surface area (Å²) in [4.78, 5) is 0.319. The molecule has 0 aliphatic heterocycles. The maximum Gasteiger partial charge on any atom is 0.183 e. The molecule has 0 radical (unpaired) electrons. The predicted octanol–water partition coefficient (Wildman–Crippen LogP) is 3.07. The Balaban J connectivity index is 2.34. The van der Waals surface area contributed by atoms with Crippen molar-refractivity contribution in [2.24, 2.45) is 0 Å². The van der Waals surface area contributed by atoms with Crippen LogP contribution in [0, 0.1) is 6.92 Å². The molecule has 0 heterocycles. The van der Waals surface area contributed by atoms with Crippen molar-refractivity contribution in [3.05, 3.63) is 23.8 Å². The van der Waals surface area contributed by atoms with Gasteiger partial charge in [-0.1, -0.05) is 31.7 Å². The summed E-state index contributed by atoms with van der Waals surface area (Å²) in [5, 5.41) is -0.245. The first kappa shape index (κ1) is 13.4. The van der Waals surface area contributed by atoms with E-state index in [0.29, 0.717) is 10.6 Å². The third-order valence-electron chi connectivity index (χ3n) is 3.71. The summed E-state index contributed by atoms with van der Waals surface area (Å²) in [5.41, 5.74) is 7.26. The Hall–Kier alpha value is -1.03. The highest BCUT2D eigenvalue weighted by atomic mass is 32.2. The summed E-state index contributed by atoms with van der Waals surface area (Å²) in [7, 11) is -3.26. The molecule has 0 spiro atoms. The SMILES string of the molecule is Cc1ccc(S(=O)(=O)C2CCCCCC2)c(N)c1. The summed E-state index contributed by atoms with van der Waals surface area (Å²) in [6, 6.07) is 5.22. The lowest BCUT2D eigenvalue weighted by atomic mass is 10.2. The van der Waals surface area contributed by atoms with E-state index >= 15 is 0 Å². The molecule has 1 aliphatic rings. The van der Waals surface area contributed by atoms with E-state index < -0.39 is 9.84 Å². The Morgan fingerprint density at radius 1 is 1.11 bits per heavy atom. The number of hydrogen-bond donors (Lipinski definition) is 1. The van der Waals surface area contributed by atoms with Gasteiger partial charge < -0.3 is 5.73 Å². The van der Waals surface area contributed by atoms with E-state index in [1.807, 2.05) is 13.0 Å². The number of nitrogens with two attached hydrogens (primary N) is 1. The monoisotopic (exact) mass is 267 g/mol. The Morgan fingerprint density at radius 2 is 1.72 bits per heavy atom.